The van der Waals surface area contributed by atoms with Crippen molar-refractivity contribution in [3.05, 3.63) is 63.8 Å². The fourth-order valence-corrected chi connectivity index (χ4v) is 3.27. The Hall–Kier alpha value is -3.32. The summed E-state index contributed by atoms with van der Waals surface area (Å²) in [6.45, 7) is 0. The first-order chi connectivity index (χ1) is 12.1. The minimum atomic E-state index is -0.407. The lowest BCUT2D eigenvalue weighted by atomic mass is 9.89. The quantitative estimate of drug-likeness (QED) is 0.693. The van der Waals surface area contributed by atoms with Crippen molar-refractivity contribution in [2.45, 2.75) is 19.3 Å². The summed E-state index contributed by atoms with van der Waals surface area (Å²) in [6.07, 6.45) is 2.14. The van der Waals surface area contributed by atoms with E-state index in [0.717, 1.165) is 18.4 Å². The van der Waals surface area contributed by atoms with Crippen molar-refractivity contribution in [3.8, 4) is 0 Å². The number of nitroso groups, excluding NO2 is 1. The molecule has 1 aromatic heterocycles. The number of furan rings is 1. The molecule has 0 bridgehead atoms. The third-order valence-corrected chi connectivity index (χ3v) is 4.55. The van der Waals surface area contributed by atoms with Crippen molar-refractivity contribution >= 4 is 33.9 Å². The zero-order valence-corrected chi connectivity index (χ0v) is 13.7. The van der Waals surface area contributed by atoms with Gasteiger partial charge in [-0.15, -0.1) is 0 Å². The summed E-state index contributed by atoms with van der Waals surface area (Å²) in [5.74, 6) is -0.297. The molecule has 7 nitrogen and oxygen atoms in total. The molecule has 0 fully saturated rings. The Morgan fingerprint density at radius 1 is 1.15 bits per heavy atom. The zero-order valence-electron chi connectivity index (χ0n) is 13.7. The maximum atomic E-state index is 12.7. The Morgan fingerprint density at radius 2 is 1.96 bits per heavy atom. The Kier molecular flexibility index (Phi) is 4.40. The second kappa shape index (κ2) is 6.53. The standard InChI is InChI=1S/C19H14N2O4.H2O/c20-17-14-9-13-10(3-2-6-15(13)22)8-16(14)25-19(17)18(23)11-4-1-5-12(7-11)21-24;/h1,4-5,7-9H,2-3,6,20H2;1H2. The first kappa shape index (κ1) is 17.5. The average molecular weight is 352 g/mol. The topological polar surface area (TPSA) is 134 Å². The molecule has 1 aliphatic carbocycles. The third kappa shape index (κ3) is 2.68. The van der Waals surface area contributed by atoms with E-state index in [4.69, 9.17) is 10.2 Å². The van der Waals surface area contributed by atoms with Gasteiger partial charge in [-0.2, -0.15) is 0 Å². The molecule has 0 aliphatic heterocycles. The van der Waals surface area contributed by atoms with E-state index >= 15 is 0 Å². The number of fused-ring (bicyclic) bond motifs is 2. The van der Waals surface area contributed by atoms with Crippen molar-refractivity contribution in [2.24, 2.45) is 0 Å². The van der Waals surface area contributed by atoms with E-state index in [9.17, 15) is 14.5 Å². The van der Waals surface area contributed by atoms with Crippen LogP contribution in [0.25, 0.3) is 11.0 Å². The van der Waals surface area contributed by atoms with E-state index in [1.165, 1.54) is 6.07 Å². The van der Waals surface area contributed by atoms with Crippen molar-refractivity contribution in [3.63, 3.8) is 0 Å². The number of aryl methyl sites for hydroxylation is 1. The van der Waals surface area contributed by atoms with Crippen LogP contribution in [0, 0.1) is 4.91 Å². The summed E-state index contributed by atoms with van der Waals surface area (Å²) >= 11 is 0. The molecule has 0 spiro atoms. The normalized spacial score (nSPS) is 13.2. The summed E-state index contributed by atoms with van der Waals surface area (Å²) < 4.78 is 5.71. The second-order valence-electron chi connectivity index (χ2n) is 6.14. The molecule has 0 atom stereocenters. The number of hydrogen-bond donors (Lipinski definition) is 2. The summed E-state index contributed by atoms with van der Waals surface area (Å²) in [5, 5.41) is 2.32. The van der Waals surface area contributed by atoms with E-state index in [-0.39, 0.29) is 28.4 Å². The van der Waals surface area contributed by atoms with Crippen molar-refractivity contribution < 1.29 is 24.7 Å². The number of nitrogens with two attached hydrogens (primary N) is 1. The van der Waals surface area contributed by atoms with Crippen LogP contribution < -0.4 is 10.9 Å². The van der Waals surface area contributed by atoms with Crippen LogP contribution in [-0.4, -0.2) is 17.0 Å². The van der Waals surface area contributed by atoms with Gasteiger partial charge in [-0.1, -0.05) is 12.1 Å². The van der Waals surface area contributed by atoms with Gasteiger partial charge in [0.1, 0.15) is 5.58 Å². The van der Waals surface area contributed by atoms with Crippen LogP contribution in [0.15, 0.2) is 40.8 Å². The van der Waals surface area contributed by atoms with Gasteiger partial charge in [0.25, 0.3) is 5.69 Å². The van der Waals surface area contributed by atoms with E-state index < -0.39 is 5.78 Å². The lowest BCUT2D eigenvalue weighted by molar-refractivity contribution is -0.379. The van der Waals surface area contributed by atoms with Gasteiger partial charge in [0, 0.05) is 45.2 Å². The van der Waals surface area contributed by atoms with Crippen LogP contribution in [0.4, 0.5) is 11.4 Å². The molecule has 2 aromatic carbocycles. The van der Waals surface area contributed by atoms with Gasteiger partial charge in [-0.05, 0) is 30.5 Å². The maximum Gasteiger partial charge on any atom is 0.254 e. The first-order valence-corrected chi connectivity index (χ1v) is 7.99. The number of ketones is 2. The molecule has 7 heteroatoms. The van der Waals surface area contributed by atoms with Crippen LogP contribution in [-0.2, 0) is 6.42 Å². The summed E-state index contributed by atoms with van der Waals surface area (Å²) in [6, 6.07) is 9.71. The molecule has 4 rings (SSSR count). The Morgan fingerprint density at radius 3 is 2.73 bits per heavy atom. The average Bonchev–Trinajstić information content (AvgIpc) is 2.96. The molecular formula is C19H16N2O5. The van der Waals surface area contributed by atoms with Crippen LogP contribution in [0.1, 0.15) is 44.9 Å². The number of nitrogens with one attached hydrogen (secondary N) is 1. The molecule has 132 valence electrons. The molecule has 0 amide bonds. The molecule has 0 radical (unpaired) electrons. The van der Waals surface area contributed by atoms with Gasteiger partial charge in [-0.3, -0.25) is 9.59 Å². The number of anilines is 1. The highest BCUT2D eigenvalue weighted by Crippen LogP contribution is 2.34. The highest BCUT2D eigenvalue weighted by molar-refractivity contribution is 6.15. The number of hydrogen-bond acceptors (Lipinski definition) is 6. The van der Waals surface area contributed by atoms with Gasteiger partial charge < -0.3 is 15.6 Å². The summed E-state index contributed by atoms with van der Waals surface area (Å²) in [7, 11) is 0. The molecule has 0 saturated carbocycles. The van der Waals surface area contributed by atoms with Gasteiger partial charge in [0.05, 0.1) is 5.69 Å². The van der Waals surface area contributed by atoms with Gasteiger partial charge in [0.15, 0.2) is 11.5 Å². The predicted octanol–water partition coefficient (Wildman–Crippen LogP) is 2.07. The number of rotatable bonds is 3. The zero-order chi connectivity index (χ0) is 17.6. The second-order valence-corrected chi connectivity index (χ2v) is 6.14. The van der Waals surface area contributed by atoms with Crippen LogP contribution in [0.5, 0.6) is 0 Å². The highest BCUT2D eigenvalue weighted by atomic mass is 16.3. The maximum absolute atomic E-state index is 12.7. The monoisotopic (exact) mass is 352 g/mol. The lowest BCUT2D eigenvalue weighted by Crippen LogP contribution is -2.55. The third-order valence-electron chi connectivity index (χ3n) is 4.55. The summed E-state index contributed by atoms with van der Waals surface area (Å²) in [5.41, 5.74) is 8.98. The highest BCUT2D eigenvalue weighted by Gasteiger charge is 2.24. The number of carbonyl (C=O) groups excluding carboxylic acids is 2. The molecule has 0 saturated heterocycles. The van der Waals surface area contributed by atoms with Crippen molar-refractivity contribution in [2.75, 3.05) is 5.73 Å². The number of benzene rings is 2. The Bertz CT molecular complexity index is 1050. The Balaban J connectivity index is 0.00000196. The SMILES string of the molecule is Nc1c(C(=O)c2cccc([NH+]=O)c2)oc2cc3c(cc12)C(=O)CCC3.[OH-]. The van der Waals surface area contributed by atoms with E-state index in [2.05, 4.69) is 0 Å². The smallest absolute Gasteiger partial charge is 0.254 e. The van der Waals surface area contributed by atoms with Crippen LogP contribution in [0.3, 0.4) is 0 Å². The minimum absolute atomic E-state index is 0. The lowest BCUT2D eigenvalue weighted by Gasteiger charge is -2.13. The predicted molar refractivity (Wildman–Crippen MR) is 93.7 cm³/mol. The van der Waals surface area contributed by atoms with Gasteiger partial charge >= 0.3 is 0 Å². The van der Waals surface area contributed by atoms with E-state index in [1.54, 1.807) is 35.5 Å². The van der Waals surface area contributed by atoms with Gasteiger partial charge in [-0.25, -0.2) is 0 Å². The fourth-order valence-electron chi connectivity index (χ4n) is 3.27. The molecule has 26 heavy (non-hydrogen) atoms. The van der Waals surface area contributed by atoms with E-state index in [1.807, 2.05) is 0 Å². The minimum Gasteiger partial charge on any atom is -0.870 e. The molecule has 4 N–H and O–H groups in total. The molecule has 3 aromatic rings. The molecular weight excluding hydrogens is 336 g/mol. The van der Waals surface area contributed by atoms with Crippen LogP contribution >= 0.6 is 0 Å². The van der Waals surface area contributed by atoms with Crippen molar-refractivity contribution in [1.82, 2.24) is 0 Å². The summed E-state index contributed by atoms with van der Waals surface area (Å²) in [4.78, 5) is 35.6. The van der Waals surface area contributed by atoms with Crippen LogP contribution in [0.2, 0.25) is 0 Å². The Labute approximate surface area is 148 Å². The van der Waals surface area contributed by atoms with Crippen molar-refractivity contribution in [1.29, 1.82) is 0 Å². The van der Waals surface area contributed by atoms with Gasteiger partial charge in [0.2, 0.25) is 5.78 Å². The first-order valence-electron chi connectivity index (χ1n) is 7.99. The largest absolute Gasteiger partial charge is 0.870 e. The number of nitrogen functional groups attached to an aromatic ring is 1. The van der Waals surface area contributed by atoms with E-state index in [0.29, 0.717) is 28.5 Å². The fraction of sp³-hybridized carbons (Fsp3) is 0.158. The molecule has 1 aliphatic rings. The number of carbonyl (C=O) groups is 2. The molecule has 1 heterocycles. The molecule has 0 unspecified atom stereocenters. The number of Topliss-reactive ketones (excluding diaryl/α,β-unsaturated/α-hetero) is 1.